The molecule has 0 spiro atoms. The van der Waals surface area contributed by atoms with Crippen LogP contribution in [-0.4, -0.2) is 22.6 Å². The van der Waals surface area contributed by atoms with Gasteiger partial charge in [0.1, 0.15) is 5.82 Å². The number of hydrogen-bond donors (Lipinski definition) is 0. The van der Waals surface area contributed by atoms with E-state index in [9.17, 15) is 0 Å². The van der Waals surface area contributed by atoms with E-state index in [0.717, 1.165) is 25.3 Å². The minimum absolute atomic E-state index is 0.586. The van der Waals surface area contributed by atoms with Gasteiger partial charge in [-0.25, -0.2) is 4.98 Å². The van der Waals surface area contributed by atoms with Gasteiger partial charge in [0.25, 0.3) is 0 Å². The van der Waals surface area contributed by atoms with Crippen LogP contribution in [0.2, 0.25) is 0 Å². The number of aryl methyl sites for hydroxylation is 3. The Labute approximate surface area is 149 Å². The van der Waals surface area contributed by atoms with Gasteiger partial charge in [-0.3, -0.25) is 0 Å². The Balaban J connectivity index is 1.54. The van der Waals surface area contributed by atoms with Crippen molar-refractivity contribution in [1.82, 2.24) is 9.55 Å². The molecule has 0 aliphatic carbocycles. The summed E-state index contributed by atoms with van der Waals surface area (Å²) in [7, 11) is 0. The lowest BCUT2D eigenvalue weighted by molar-refractivity contribution is 0.519. The summed E-state index contributed by atoms with van der Waals surface area (Å²) in [6, 6.07) is 17.7. The van der Waals surface area contributed by atoms with E-state index in [1.54, 1.807) is 0 Å². The highest BCUT2D eigenvalue weighted by atomic mass is 15.2. The van der Waals surface area contributed by atoms with Crippen molar-refractivity contribution in [2.45, 2.75) is 33.1 Å². The third-order valence-corrected chi connectivity index (χ3v) is 5.23. The van der Waals surface area contributed by atoms with Gasteiger partial charge in [0, 0.05) is 42.3 Å². The first kappa shape index (κ1) is 15.9. The normalized spacial score (nSPS) is 14.6. The summed E-state index contributed by atoms with van der Waals surface area (Å²) in [5, 5.41) is 0. The topological polar surface area (TPSA) is 21.1 Å². The summed E-state index contributed by atoms with van der Waals surface area (Å²) >= 11 is 0. The molecule has 25 heavy (non-hydrogen) atoms. The Morgan fingerprint density at radius 1 is 1.04 bits per heavy atom. The molecule has 1 saturated heterocycles. The molecule has 128 valence electrons. The van der Waals surface area contributed by atoms with Crippen molar-refractivity contribution in [1.29, 1.82) is 0 Å². The maximum absolute atomic E-state index is 4.50. The van der Waals surface area contributed by atoms with Crippen LogP contribution in [-0.2, 0) is 6.42 Å². The van der Waals surface area contributed by atoms with Gasteiger partial charge >= 0.3 is 0 Å². The largest absolute Gasteiger partial charge is 0.355 e. The molecule has 2 aromatic heterocycles. The van der Waals surface area contributed by atoms with Gasteiger partial charge < -0.3 is 9.47 Å². The number of benzene rings is 1. The fourth-order valence-corrected chi connectivity index (χ4v) is 3.73. The quantitative estimate of drug-likeness (QED) is 0.693. The van der Waals surface area contributed by atoms with E-state index in [0.29, 0.717) is 5.92 Å². The lowest BCUT2D eigenvalue weighted by Crippen LogP contribution is -2.45. The zero-order chi connectivity index (χ0) is 17.4. The second-order valence-corrected chi connectivity index (χ2v) is 7.04. The monoisotopic (exact) mass is 331 g/mol. The molecule has 1 aliphatic rings. The average molecular weight is 331 g/mol. The second-order valence-electron chi connectivity index (χ2n) is 7.04. The average Bonchev–Trinajstić information content (AvgIpc) is 2.95. The van der Waals surface area contributed by atoms with Gasteiger partial charge in [0.2, 0.25) is 0 Å². The summed E-state index contributed by atoms with van der Waals surface area (Å²) in [4.78, 5) is 6.87. The smallest absolute Gasteiger partial charge is 0.128 e. The SMILES string of the molecule is CCc1ccc(C)n1-c1cccc(C2CN(c3cc(C)ccn3)C2)c1. The molecule has 0 amide bonds. The highest BCUT2D eigenvalue weighted by Crippen LogP contribution is 2.32. The van der Waals surface area contributed by atoms with E-state index in [1.807, 2.05) is 6.20 Å². The Kier molecular flexibility index (Phi) is 4.08. The van der Waals surface area contributed by atoms with Crippen molar-refractivity contribution in [3.05, 3.63) is 77.2 Å². The Hall–Kier alpha value is -2.55. The lowest BCUT2D eigenvalue weighted by Gasteiger charge is -2.40. The number of pyridine rings is 1. The van der Waals surface area contributed by atoms with Crippen molar-refractivity contribution in [3.8, 4) is 5.69 Å². The minimum atomic E-state index is 0.586. The molecule has 1 fully saturated rings. The van der Waals surface area contributed by atoms with Gasteiger partial charge in [-0.05, 0) is 67.8 Å². The third kappa shape index (κ3) is 2.95. The number of rotatable bonds is 4. The fourth-order valence-electron chi connectivity index (χ4n) is 3.73. The van der Waals surface area contributed by atoms with Crippen LogP contribution < -0.4 is 4.90 Å². The maximum atomic E-state index is 4.50. The highest BCUT2D eigenvalue weighted by Gasteiger charge is 2.29. The van der Waals surface area contributed by atoms with Crippen LogP contribution >= 0.6 is 0 Å². The molecule has 3 heteroatoms. The van der Waals surface area contributed by atoms with E-state index in [1.165, 1.54) is 28.2 Å². The number of hydrogen-bond acceptors (Lipinski definition) is 2. The molecule has 0 atom stereocenters. The molecule has 0 bridgehead atoms. The Bertz CT molecular complexity index is 888. The Morgan fingerprint density at radius 3 is 2.64 bits per heavy atom. The first-order chi connectivity index (χ1) is 12.2. The van der Waals surface area contributed by atoms with Crippen molar-refractivity contribution >= 4 is 5.82 Å². The molecule has 0 N–H and O–H groups in total. The van der Waals surface area contributed by atoms with E-state index < -0.39 is 0 Å². The zero-order valence-corrected chi connectivity index (χ0v) is 15.2. The van der Waals surface area contributed by atoms with Gasteiger partial charge in [0.15, 0.2) is 0 Å². The van der Waals surface area contributed by atoms with Crippen LogP contribution in [0.15, 0.2) is 54.7 Å². The minimum Gasteiger partial charge on any atom is -0.355 e. The first-order valence-corrected chi connectivity index (χ1v) is 9.11. The van der Waals surface area contributed by atoms with Crippen molar-refractivity contribution in [2.24, 2.45) is 0 Å². The summed E-state index contributed by atoms with van der Waals surface area (Å²) in [5.74, 6) is 1.69. The number of aromatic nitrogens is 2. The molecule has 1 aromatic carbocycles. The standard InChI is InChI=1S/C22H25N3/c1-4-20-9-8-17(3)25(20)21-7-5-6-18(13-21)19-14-24(15-19)22-12-16(2)10-11-23-22/h5-13,19H,4,14-15H2,1-3H3. The van der Waals surface area contributed by atoms with Crippen LogP contribution in [0.25, 0.3) is 5.69 Å². The molecule has 1 aliphatic heterocycles. The van der Waals surface area contributed by atoms with Crippen molar-refractivity contribution < 1.29 is 0 Å². The molecule has 3 aromatic rings. The van der Waals surface area contributed by atoms with E-state index in [-0.39, 0.29) is 0 Å². The highest BCUT2D eigenvalue weighted by molar-refractivity contribution is 5.48. The van der Waals surface area contributed by atoms with Crippen LogP contribution in [0.3, 0.4) is 0 Å². The molecule has 0 saturated carbocycles. The predicted molar refractivity (Wildman–Crippen MR) is 104 cm³/mol. The zero-order valence-electron chi connectivity index (χ0n) is 15.2. The molecule has 4 rings (SSSR count). The second kappa shape index (κ2) is 6.40. The summed E-state index contributed by atoms with van der Waals surface area (Å²) in [5.41, 5.74) is 6.65. The van der Waals surface area contributed by atoms with Crippen LogP contribution in [0.4, 0.5) is 5.82 Å². The van der Waals surface area contributed by atoms with Crippen molar-refractivity contribution in [3.63, 3.8) is 0 Å². The summed E-state index contributed by atoms with van der Waals surface area (Å²) in [6.45, 7) is 8.61. The molecule has 0 unspecified atom stereocenters. The fraction of sp³-hybridized carbons (Fsp3) is 0.318. The molecule has 0 radical (unpaired) electrons. The van der Waals surface area contributed by atoms with Crippen molar-refractivity contribution in [2.75, 3.05) is 18.0 Å². The van der Waals surface area contributed by atoms with E-state index in [4.69, 9.17) is 0 Å². The van der Waals surface area contributed by atoms with E-state index >= 15 is 0 Å². The predicted octanol–water partition coefficient (Wildman–Crippen LogP) is 4.66. The molecule has 3 heterocycles. The molecular formula is C22H25N3. The number of anilines is 1. The summed E-state index contributed by atoms with van der Waals surface area (Å²) in [6.07, 6.45) is 2.95. The van der Waals surface area contributed by atoms with Gasteiger partial charge in [-0.2, -0.15) is 0 Å². The number of nitrogens with zero attached hydrogens (tertiary/aromatic N) is 3. The Morgan fingerprint density at radius 2 is 1.88 bits per heavy atom. The van der Waals surface area contributed by atoms with Crippen LogP contribution in [0, 0.1) is 13.8 Å². The van der Waals surface area contributed by atoms with Crippen LogP contribution in [0.1, 0.15) is 35.4 Å². The van der Waals surface area contributed by atoms with E-state index in [2.05, 4.69) is 83.8 Å². The van der Waals surface area contributed by atoms with Gasteiger partial charge in [-0.1, -0.05) is 19.1 Å². The van der Waals surface area contributed by atoms with Gasteiger partial charge in [0.05, 0.1) is 0 Å². The molecular weight excluding hydrogens is 306 g/mol. The summed E-state index contributed by atoms with van der Waals surface area (Å²) < 4.78 is 2.38. The lowest BCUT2D eigenvalue weighted by atomic mass is 9.91. The molecule has 3 nitrogen and oxygen atoms in total. The third-order valence-electron chi connectivity index (χ3n) is 5.23. The first-order valence-electron chi connectivity index (χ1n) is 9.11. The van der Waals surface area contributed by atoms with Crippen LogP contribution in [0.5, 0.6) is 0 Å². The van der Waals surface area contributed by atoms with Gasteiger partial charge in [-0.15, -0.1) is 0 Å². The maximum Gasteiger partial charge on any atom is 0.128 e.